The Morgan fingerprint density at radius 1 is 1.22 bits per heavy atom. The smallest absolute Gasteiger partial charge is 0.309 e. The van der Waals surface area contributed by atoms with E-state index in [4.69, 9.17) is 5.11 Å². The zero-order valence-corrected chi connectivity index (χ0v) is 10.8. The standard InChI is InChI=1S/C14H19NO3/c1-14(2,13(17)18)10-12(16)15-9-8-11-6-4-3-5-7-11/h3-7H,8-10H2,1-2H3,(H,15,16)(H,17,18). The van der Waals surface area contributed by atoms with Crippen molar-refractivity contribution in [3.8, 4) is 0 Å². The third kappa shape index (κ3) is 4.57. The van der Waals surface area contributed by atoms with Gasteiger partial charge in [-0.1, -0.05) is 30.3 Å². The lowest BCUT2D eigenvalue weighted by molar-refractivity contribution is -0.149. The lowest BCUT2D eigenvalue weighted by atomic mass is 9.89. The molecule has 0 fully saturated rings. The van der Waals surface area contributed by atoms with Crippen molar-refractivity contribution in [2.24, 2.45) is 5.41 Å². The summed E-state index contributed by atoms with van der Waals surface area (Å²) in [5, 5.41) is 11.7. The van der Waals surface area contributed by atoms with Crippen LogP contribution >= 0.6 is 0 Å². The fourth-order valence-electron chi connectivity index (χ4n) is 1.53. The summed E-state index contributed by atoms with van der Waals surface area (Å²) in [4.78, 5) is 22.5. The number of carboxylic acid groups (broad SMARTS) is 1. The monoisotopic (exact) mass is 249 g/mol. The highest BCUT2D eigenvalue weighted by molar-refractivity contribution is 5.84. The van der Waals surface area contributed by atoms with Crippen LogP contribution in [0.15, 0.2) is 30.3 Å². The predicted octanol–water partition coefficient (Wildman–Crippen LogP) is 1.85. The molecular weight excluding hydrogens is 230 g/mol. The van der Waals surface area contributed by atoms with Crippen LogP contribution in [0.5, 0.6) is 0 Å². The van der Waals surface area contributed by atoms with Gasteiger partial charge in [-0.3, -0.25) is 9.59 Å². The topological polar surface area (TPSA) is 66.4 Å². The van der Waals surface area contributed by atoms with Crippen molar-refractivity contribution in [3.05, 3.63) is 35.9 Å². The maximum Gasteiger partial charge on any atom is 0.309 e. The third-order valence-electron chi connectivity index (χ3n) is 2.76. The molecule has 2 N–H and O–H groups in total. The molecule has 1 amide bonds. The summed E-state index contributed by atoms with van der Waals surface area (Å²) in [5.41, 5.74) is 0.131. The van der Waals surface area contributed by atoms with E-state index in [-0.39, 0.29) is 12.3 Å². The Balaban J connectivity index is 2.32. The third-order valence-corrected chi connectivity index (χ3v) is 2.76. The van der Waals surface area contributed by atoms with Gasteiger partial charge in [0.15, 0.2) is 0 Å². The van der Waals surface area contributed by atoms with Crippen molar-refractivity contribution in [3.63, 3.8) is 0 Å². The van der Waals surface area contributed by atoms with Crippen molar-refractivity contribution in [1.29, 1.82) is 0 Å². The van der Waals surface area contributed by atoms with Gasteiger partial charge in [-0.25, -0.2) is 0 Å². The Morgan fingerprint density at radius 3 is 2.39 bits per heavy atom. The van der Waals surface area contributed by atoms with Gasteiger partial charge in [-0.15, -0.1) is 0 Å². The molecule has 0 spiro atoms. The highest BCUT2D eigenvalue weighted by Crippen LogP contribution is 2.19. The number of carbonyl (C=O) groups is 2. The molecule has 0 atom stereocenters. The van der Waals surface area contributed by atoms with Gasteiger partial charge in [0.05, 0.1) is 5.41 Å². The summed E-state index contributed by atoms with van der Waals surface area (Å²) in [6, 6.07) is 9.83. The Kier molecular flexibility index (Phi) is 4.89. The molecule has 4 heteroatoms. The van der Waals surface area contributed by atoms with E-state index in [1.807, 2.05) is 30.3 Å². The minimum absolute atomic E-state index is 0.00285. The van der Waals surface area contributed by atoms with E-state index in [2.05, 4.69) is 5.32 Å². The minimum Gasteiger partial charge on any atom is -0.481 e. The lowest BCUT2D eigenvalue weighted by Crippen LogP contribution is -2.34. The van der Waals surface area contributed by atoms with Crippen molar-refractivity contribution in [1.82, 2.24) is 5.32 Å². The van der Waals surface area contributed by atoms with E-state index in [1.54, 1.807) is 13.8 Å². The molecule has 0 saturated carbocycles. The number of rotatable bonds is 6. The maximum atomic E-state index is 11.6. The summed E-state index contributed by atoms with van der Waals surface area (Å²) in [6.45, 7) is 3.62. The van der Waals surface area contributed by atoms with Gasteiger partial charge >= 0.3 is 5.97 Å². The van der Waals surface area contributed by atoms with Gasteiger partial charge in [0.1, 0.15) is 0 Å². The SMILES string of the molecule is CC(C)(CC(=O)NCCc1ccccc1)C(=O)O. The summed E-state index contributed by atoms with van der Waals surface area (Å²) >= 11 is 0. The fraction of sp³-hybridized carbons (Fsp3) is 0.429. The number of nitrogens with one attached hydrogen (secondary N) is 1. The maximum absolute atomic E-state index is 11.6. The molecular formula is C14H19NO3. The quantitative estimate of drug-likeness (QED) is 0.808. The van der Waals surface area contributed by atoms with Crippen LogP contribution < -0.4 is 5.32 Å². The molecule has 0 heterocycles. The molecule has 18 heavy (non-hydrogen) atoms. The zero-order valence-electron chi connectivity index (χ0n) is 10.8. The van der Waals surface area contributed by atoms with E-state index in [1.165, 1.54) is 0 Å². The molecule has 4 nitrogen and oxygen atoms in total. The van der Waals surface area contributed by atoms with E-state index in [9.17, 15) is 9.59 Å². The first kappa shape index (κ1) is 14.2. The fourth-order valence-corrected chi connectivity index (χ4v) is 1.53. The Bertz CT molecular complexity index is 412. The predicted molar refractivity (Wildman–Crippen MR) is 69.2 cm³/mol. The highest BCUT2D eigenvalue weighted by Gasteiger charge is 2.29. The van der Waals surface area contributed by atoms with Crippen LogP contribution in [0.25, 0.3) is 0 Å². The molecule has 0 aliphatic carbocycles. The molecule has 0 bridgehead atoms. The first-order valence-electron chi connectivity index (χ1n) is 5.96. The van der Waals surface area contributed by atoms with Crippen LogP contribution in [0.1, 0.15) is 25.8 Å². The van der Waals surface area contributed by atoms with Gasteiger partial charge in [-0.05, 0) is 25.8 Å². The second-order valence-electron chi connectivity index (χ2n) is 4.95. The minimum atomic E-state index is -1.02. The van der Waals surface area contributed by atoms with E-state index < -0.39 is 11.4 Å². The number of carbonyl (C=O) groups excluding carboxylic acids is 1. The molecule has 0 aliphatic rings. The number of aliphatic carboxylic acids is 1. The number of hydrogen-bond donors (Lipinski definition) is 2. The number of amides is 1. The van der Waals surface area contributed by atoms with E-state index in [0.29, 0.717) is 6.54 Å². The zero-order chi connectivity index (χ0) is 13.6. The summed E-state index contributed by atoms with van der Waals surface area (Å²) in [7, 11) is 0. The van der Waals surface area contributed by atoms with Gasteiger partial charge in [-0.2, -0.15) is 0 Å². The van der Waals surface area contributed by atoms with Crippen molar-refractivity contribution in [2.75, 3.05) is 6.54 Å². The Hall–Kier alpha value is -1.84. The number of benzene rings is 1. The van der Waals surface area contributed by atoms with Crippen LogP contribution in [0.3, 0.4) is 0 Å². The second kappa shape index (κ2) is 6.19. The van der Waals surface area contributed by atoms with Crippen LogP contribution in [0.2, 0.25) is 0 Å². The van der Waals surface area contributed by atoms with Gasteiger partial charge in [0.2, 0.25) is 5.91 Å². The molecule has 0 saturated heterocycles. The van der Waals surface area contributed by atoms with Crippen LogP contribution in [0, 0.1) is 5.41 Å². The number of carboxylic acids is 1. The molecule has 0 aromatic heterocycles. The van der Waals surface area contributed by atoms with Crippen molar-refractivity contribution < 1.29 is 14.7 Å². The average Bonchev–Trinajstić information content (AvgIpc) is 2.29. The van der Waals surface area contributed by atoms with Crippen LogP contribution in [0.4, 0.5) is 0 Å². The second-order valence-corrected chi connectivity index (χ2v) is 4.95. The van der Waals surface area contributed by atoms with E-state index in [0.717, 1.165) is 12.0 Å². The normalized spacial score (nSPS) is 11.0. The molecule has 0 unspecified atom stereocenters. The average molecular weight is 249 g/mol. The van der Waals surface area contributed by atoms with Gasteiger partial charge < -0.3 is 10.4 Å². The van der Waals surface area contributed by atoms with Crippen molar-refractivity contribution >= 4 is 11.9 Å². The largest absolute Gasteiger partial charge is 0.481 e. The summed E-state index contributed by atoms with van der Waals surface area (Å²) in [5.74, 6) is -1.18. The molecule has 0 radical (unpaired) electrons. The first-order chi connectivity index (χ1) is 8.42. The molecule has 0 aliphatic heterocycles. The Morgan fingerprint density at radius 2 is 1.83 bits per heavy atom. The molecule has 98 valence electrons. The summed E-state index contributed by atoms with van der Waals surface area (Å²) in [6.07, 6.45) is 0.747. The molecule has 1 rings (SSSR count). The van der Waals surface area contributed by atoms with Gasteiger partial charge in [0, 0.05) is 13.0 Å². The lowest BCUT2D eigenvalue weighted by Gasteiger charge is -2.18. The van der Waals surface area contributed by atoms with Crippen LogP contribution in [-0.4, -0.2) is 23.5 Å². The molecule has 1 aromatic carbocycles. The highest BCUT2D eigenvalue weighted by atomic mass is 16.4. The van der Waals surface area contributed by atoms with Crippen LogP contribution in [-0.2, 0) is 16.0 Å². The van der Waals surface area contributed by atoms with Crippen molar-refractivity contribution in [2.45, 2.75) is 26.7 Å². The van der Waals surface area contributed by atoms with E-state index >= 15 is 0 Å². The summed E-state index contributed by atoms with van der Waals surface area (Å²) < 4.78 is 0. The number of hydrogen-bond acceptors (Lipinski definition) is 2. The molecule has 1 aromatic rings. The Labute approximate surface area is 107 Å². The van der Waals surface area contributed by atoms with Gasteiger partial charge in [0.25, 0.3) is 0 Å². The first-order valence-corrected chi connectivity index (χ1v) is 5.96.